The van der Waals surface area contributed by atoms with Gasteiger partial charge in [0.15, 0.2) is 0 Å². The van der Waals surface area contributed by atoms with Crippen LogP contribution in [0.1, 0.15) is 0 Å². The van der Waals surface area contributed by atoms with Gasteiger partial charge in [-0.2, -0.15) is 0 Å². The van der Waals surface area contributed by atoms with Crippen LogP contribution in [0.4, 0.5) is 7.10 Å². The van der Waals surface area contributed by atoms with Gasteiger partial charge in [0.25, 0.3) is 0 Å². The molecule has 0 aliphatic heterocycles. The predicted molar refractivity (Wildman–Crippen MR) is 12.2 cm³/mol. The van der Waals surface area contributed by atoms with Crippen LogP contribution in [-0.4, -0.2) is 8.41 Å². The van der Waals surface area contributed by atoms with E-state index in [0.29, 0.717) is 0 Å². The molecule has 0 amide bonds. The average Bonchev–Trinajstić information content (AvgIpc) is 0.918. The third kappa shape index (κ3) is 25.8. The fourth-order valence-corrected chi connectivity index (χ4v) is 0. The summed E-state index contributed by atoms with van der Waals surface area (Å²) in [6.45, 7) is 0. The standard InChI is InChI=1S/BH3.Cu.2FH/h1H3;;2*1H/q;+2;;/p-2. The van der Waals surface area contributed by atoms with Gasteiger partial charge in [0, 0.05) is 0 Å². The Bertz CT molecular complexity index is 6.00. The molecule has 0 rings (SSSR count). The van der Waals surface area contributed by atoms with Crippen LogP contribution in [0.25, 0.3) is 0 Å². The van der Waals surface area contributed by atoms with Crippen LogP contribution >= 0.6 is 0 Å². The molecular formula is H3BCuF2. The van der Waals surface area contributed by atoms with Gasteiger partial charge in [-0.1, -0.05) is 0 Å². The SMILES string of the molecule is B.[F][Cu][F]. The molecule has 0 aliphatic carbocycles. The van der Waals surface area contributed by atoms with Crippen molar-refractivity contribution in [3.05, 3.63) is 0 Å². The second-order valence-electron chi connectivity index (χ2n) is 0.0431. The Morgan fingerprint density at radius 2 is 1.25 bits per heavy atom. The Morgan fingerprint density at radius 3 is 1.25 bits per heavy atom. The molecule has 0 fully saturated rings. The summed E-state index contributed by atoms with van der Waals surface area (Å²) in [4.78, 5) is 0. The molecule has 31 valence electrons. The summed E-state index contributed by atoms with van der Waals surface area (Å²) in [5, 5.41) is 0. The van der Waals surface area contributed by atoms with Crippen molar-refractivity contribution in [2.75, 3.05) is 0 Å². The van der Waals surface area contributed by atoms with Crippen molar-refractivity contribution in [3.8, 4) is 0 Å². The van der Waals surface area contributed by atoms with Gasteiger partial charge in [-0.3, -0.25) is 0 Å². The molecule has 0 aromatic rings. The third-order valence-corrected chi connectivity index (χ3v) is 0. The molecule has 0 bridgehead atoms. The van der Waals surface area contributed by atoms with Gasteiger partial charge in [0.1, 0.15) is 0 Å². The quantitative estimate of drug-likeness (QED) is 0.379. The Labute approximate surface area is 32.2 Å². The van der Waals surface area contributed by atoms with E-state index < -0.39 is 15.9 Å². The van der Waals surface area contributed by atoms with Crippen molar-refractivity contribution in [1.82, 2.24) is 0 Å². The molecule has 0 aromatic carbocycles. The van der Waals surface area contributed by atoms with Gasteiger partial charge in [-0.05, 0) is 0 Å². The molecular weight excluding hydrogens is 112 g/mol. The van der Waals surface area contributed by atoms with Crippen LogP contribution in [-0.2, 0) is 15.9 Å². The number of rotatable bonds is 0. The van der Waals surface area contributed by atoms with Crippen LogP contribution in [0.5, 0.6) is 0 Å². The Kier molecular flexibility index (Phi) is 21.8. The van der Waals surface area contributed by atoms with Gasteiger partial charge < -0.3 is 0 Å². The van der Waals surface area contributed by atoms with Crippen molar-refractivity contribution in [1.29, 1.82) is 0 Å². The molecule has 0 saturated heterocycles. The molecule has 0 nitrogen and oxygen atoms in total. The summed E-state index contributed by atoms with van der Waals surface area (Å²) in [6.07, 6.45) is 0. The molecule has 0 saturated carbocycles. The first-order chi connectivity index (χ1) is 1.41. The first kappa shape index (κ1) is 8.82. The van der Waals surface area contributed by atoms with Gasteiger partial charge in [-0.25, -0.2) is 0 Å². The summed E-state index contributed by atoms with van der Waals surface area (Å²) in [7, 11) is 0. The van der Waals surface area contributed by atoms with E-state index in [1.807, 2.05) is 0 Å². The third-order valence-electron chi connectivity index (χ3n) is 0. The van der Waals surface area contributed by atoms with Crippen molar-refractivity contribution >= 4 is 8.41 Å². The van der Waals surface area contributed by atoms with Gasteiger partial charge in [0.05, 0.1) is 8.41 Å². The average molecular weight is 115 g/mol. The first-order valence-corrected chi connectivity index (χ1v) is 0.940. The Hall–Kier alpha value is 0.444. The van der Waals surface area contributed by atoms with E-state index in [0.717, 1.165) is 0 Å². The Morgan fingerprint density at radius 1 is 1.25 bits per heavy atom. The topological polar surface area (TPSA) is 0 Å². The molecule has 0 aliphatic rings. The maximum atomic E-state index is 9.53. The van der Waals surface area contributed by atoms with E-state index in [1.54, 1.807) is 0 Å². The van der Waals surface area contributed by atoms with E-state index >= 15 is 0 Å². The van der Waals surface area contributed by atoms with E-state index in [1.165, 1.54) is 0 Å². The summed E-state index contributed by atoms with van der Waals surface area (Å²) >= 11 is -1.19. The second kappa shape index (κ2) is 9.86. The minimum absolute atomic E-state index is 0. The molecule has 0 heterocycles. The van der Waals surface area contributed by atoms with Crippen LogP contribution in [0.2, 0.25) is 0 Å². The zero-order chi connectivity index (χ0) is 2.71. The predicted octanol–water partition coefficient (Wildman–Crippen LogP) is -0.346. The number of halogens is 2. The normalized spacial score (nSPS) is 5.50. The van der Waals surface area contributed by atoms with Crippen molar-refractivity contribution < 1.29 is 23.0 Å². The summed E-state index contributed by atoms with van der Waals surface area (Å²) in [5.74, 6) is 0. The molecule has 0 N–H and O–H groups in total. The van der Waals surface area contributed by atoms with Crippen LogP contribution in [0, 0.1) is 0 Å². The van der Waals surface area contributed by atoms with Crippen molar-refractivity contribution in [2.24, 2.45) is 0 Å². The first-order valence-electron chi connectivity index (χ1n) is 0.228. The zero-order valence-electron chi connectivity index (χ0n) is 1.06. The Balaban J connectivity index is 0. The molecule has 0 spiro atoms. The summed E-state index contributed by atoms with van der Waals surface area (Å²) in [6, 6.07) is 0. The maximum absolute atomic E-state index is 9.53. The van der Waals surface area contributed by atoms with Crippen molar-refractivity contribution in [3.63, 3.8) is 0 Å². The van der Waals surface area contributed by atoms with E-state index in [9.17, 15) is 7.10 Å². The number of hydrogen-bond acceptors (Lipinski definition) is 0. The molecule has 4 heteroatoms. The van der Waals surface area contributed by atoms with Gasteiger partial charge in [0.2, 0.25) is 0 Å². The monoisotopic (exact) mass is 115 g/mol. The second-order valence-corrected chi connectivity index (χ2v) is 0.178. The van der Waals surface area contributed by atoms with E-state index in [-0.39, 0.29) is 8.41 Å². The van der Waals surface area contributed by atoms with Crippen LogP contribution in [0.3, 0.4) is 0 Å². The molecule has 0 unspecified atom stereocenters. The minimum atomic E-state index is -1.19. The van der Waals surface area contributed by atoms with Crippen molar-refractivity contribution in [2.45, 2.75) is 0 Å². The van der Waals surface area contributed by atoms with E-state index in [4.69, 9.17) is 0 Å². The molecule has 0 atom stereocenters. The fourth-order valence-electron chi connectivity index (χ4n) is 0. The zero-order valence-corrected chi connectivity index (χ0v) is 2.00. The van der Waals surface area contributed by atoms with E-state index in [2.05, 4.69) is 0 Å². The molecule has 0 aromatic heterocycles. The number of hydrogen-bond donors (Lipinski definition) is 0. The fraction of sp³-hybridized carbons (Fsp3) is 0. The van der Waals surface area contributed by atoms with Gasteiger partial charge in [-0.15, -0.1) is 0 Å². The molecule has 0 radical (unpaired) electrons. The summed E-state index contributed by atoms with van der Waals surface area (Å²) in [5.41, 5.74) is 0. The molecule has 4 heavy (non-hydrogen) atoms. The summed E-state index contributed by atoms with van der Waals surface area (Å²) < 4.78 is 19.1. The van der Waals surface area contributed by atoms with Crippen LogP contribution < -0.4 is 0 Å². The van der Waals surface area contributed by atoms with Crippen LogP contribution in [0.15, 0.2) is 0 Å². The van der Waals surface area contributed by atoms with Gasteiger partial charge >= 0.3 is 23.0 Å².